The first-order valence-corrected chi connectivity index (χ1v) is 7.52. The molecular formula is C14H21N3O3. The van der Waals surface area contributed by atoms with Gasteiger partial charge in [0.2, 0.25) is 17.7 Å². The van der Waals surface area contributed by atoms with E-state index in [0.29, 0.717) is 25.9 Å². The molecule has 6 nitrogen and oxygen atoms in total. The van der Waals surface area contributed by atoms with Gasteiger partial charge in [-0.3, -0.25) is 14.4 Å². The summed E-state index contributed by atoms with van der Waals surface area (Å²) in [5, 5.41) is 5.79. The molecule has 2 saturated heterocycles. The number of nitrogens with zero attached hydrogens (tertiary/aromatic N) is 1. The SMILES string of the molecule is O=C1CCC(C(=O)N2CCC(NC(=O)C3CC3)CC2)N1. The lowest BCUT2D eigenvalue weighted by atomic mass is 10.0. The van der Waals surface area contributed by atoms with Gasteiger partial charge in [0.15, 0.2) is 0 Å². The van der Waals surface area contributed by atoms with E-state index < -0.39 is 0 Å². The fourth-order valence-corrected chi connectivity index (χ4v) is 2.93. The van der Waals surface area contributed by atoms with Crippen molar-refractivity contribution in [2.24, 2.45) is 5.92 Å². The molecule has 3 fully saturated rings. The minimum Gasteiger partial charge on any atom is -0.353 e. The first-order chi connectivity index (χ1) is 9.63. The highest BCUT2D eigenvalue weighted by Gasteiger charge is 2.34. The van der Waals surface area contributed by atoms with E-state index in [2.05, 4.69) is 10.6 Å². The standard InChI is InChI=1S/C14H21N3O3/c18-12-4-3-11(16-12)14(20)17-7-5-10(6-8-17)15-13(19)9-1-2-9/h9-11H,1-8H2,(H,15,19)(H,16,18). The predicted molar refractivity (Wildman–Crippen MR) is 71.6 cm³/mol. The van der Waals surface area contributed by atoms with Crippen molar-refractivity contribution in [3.63, 3.8) is 0 Å². The van der Waals surface area contributed by atoms with Gasteiger partial charge in [-0.05, 0) is 32.1 Å². The van der Waals surface area contributed by atoms with Crippen molar-refractivity contribution in [3.05, 3.63) is 0 Å². The summed E-state index contributed by atoms with van der Waals surface area (Å²) in [4.78, 5) is 36.9. The zero-order valence-corrected chi connectivity index (χ0v) is 11.6. The minimum atomic E-state index is -0.333. The highest BCUT2D eigenvalue weighted by molar-refractivity contribution is 5.90. The Morgan fingerprint density at radius 2 is 1.80 bits per heavy atom. The lowest BCUT2D eigenvalue weighted by Gasteiger charge is -2.33. The van der Waals surface area contributed by atoms with Crippen molar-refractivity contribution in [2.45, 2.75) is 50.6 Å². The minimum absolute atomic E-state index is 0.0304. The van der Waals surface area contributed by atoms with Crippen molar-refractivity contribution >= 4 is 17.7 Å². The molecule has 110 valence electrons. The maximum atomic E-state index is 12.2. The summed E-state index contributed by atoms with van der Waals surface area (Å²) in [6.45, 7) is 1.33. The summed E-state index contributed by atoms with van der Waals surface area (Å²) < 4.78 is 0. The Bertz CT molecular complexity index is 425. The average molecular weight is 279 g/mol. The van der Waals surface area contributed by atoms with Gasteiger partial charge in [-0.25, -0.2) is 0 Å². The molecule has 2 N–H and O–H groups in total. The van der Waals surface area contributed by atoms with Gasteiger partial charge in [-0.1, -0.05) is 0 Å². The van der Waals surface area contributed by atoms with E-state index in [0.717, 1.165) is 25.7 Å². The molecule has 3 amide bonds. The van der Waals surface area contributed by atoms with Crippen LogP contribution < -0.4 is 10.6 Å². The first-order valence-electron chi connectivity index (χ1n) is 7.52. The van der Waals surface area contributed by atoms with Gasteiger partial charge >= 0.3 is 0 Å². The van der Waals surface area contributed by atoms with Crippen molar-refractivity contribution in [1.82, 2.24) is 15.5 Å². The van der Waals surface area contributed by atoms with Gasteiger partial charge in [0.05, 0.1) is 0 Å². The Morgan fingerprint density at radius 3 is 2.35 bits per heavy atom. The van der Waals surface area contributed by atoms with E-state index in [1.165, 1.54) is 0 Å². The number of nitrogens with one attached hydrogen (secondary N) is 2. The van der Waals surface area contributed by atoms with Crippen LogP contribution in [0.15, 0.2) is 0 Å². The van der Waals surface area contributed by atoms with Crippen LogP contribution in [0.25, 0.3) is 0 Å². The molecule has 1 saturated carbocycles. The fraction of sp³-hybridized carbons (Fsp3) is 0.786. The largest absolute Gasteiger partial charge is 0.353 e. The van der Waals surface area contributed by atoms with Crippen molar-refractivity contribution in [1.29, 1.82) is 0 Å². The van der Waals surface area contributed by atoms with Crippen LogP contribution in [0.1, 0.15) is 38.5 Å². The summed E-state index contributed by atoms with van der Waals surface area (Å²) in [6.07, 6.45) is 4.71. The molecule has 3 rings (SSSR count). The first kappa shape index (κ1) is 13.4. The summed E-state index contributed by atoms with van der Waals surface area (Å²) in [5.41, 5.74) is 0. The number of hydrogen-bond donors (Lipinski definition) is 2. The van der Waals surface area contributed by atoms with Gasteiger partial charge in [0, 0.05) is 31.5 Å². The van der Waals surface area contributed by atoms with Crippen LogP contribution in [0.4, 0.5) is 0 Å². The summed E-state index contributed by atoms with van der Waals surface area (Å²) in [5.74, 6) is 0.416. The van der Waals surface area contributed by atoms with Crippen LogP contribution in [-0.2, 0) is 14.4 Å². The molecular weight excluding hydrogens is 258 g/mol. The van der Waals surface area contributed by atoms with Crippen LogP contribution in [0.5, 0.6) is 0 Å². The Morgan fingerprint density at radius 1 is 1.10 bits per heavy atom. The highest BCUT2D eigenvalue weighted by Crippen LogP contribution is 2.29. The molecule has 2 aliphatic heterocycles. The van der Waals surface area contributed by atoms with Crippen molar-refractivity contribution in [3.8, 4) is 0 Å². The lowest BCUT2D eigenvalue weighted by molar-refractivity contribution is -0.135. The predicted octanol–water partition coefficient (Wildman–Crippen LogP) is -0.218. The molecule has 0 radical (unpaired) electrons. The van der Waals surface area contributed by atoms with Crippen LogP contribution in [-0.4, -0.2) is 47.8 Å². The molecule has 0 aromatic carbocycles. The Hall–Kier alpha value is -1.59. The van der Waals surface area contributed by atoms with E-state index in [-0.39, 0.29) is 35.7 Å². The number of hydrogen-bond acceptors (Lipinski definition) is 3. The number of piperidine rings is 1. The summed E-state index contributed by atoms with van der Waals surface area (Å²) in [7, 11) is 0. The highest BCUT2D eigenvalue weighted by atomic mass is 16.2. The second-order valence-electron chi connectivity index (χ2n) is 6.04. The zero-order valence-electron chi connectivity index (χ0n) is 11.6. The van der Waals surface area contributed by atoms with Crippen LogP contribution in [0, 0.1) is 5.92 Å². The van der Waals surface area contributed by atoms with Gasteiger partial charge in [0.25, 0.3) is 0 Å². The summed E-state index contributed by atoms with van der Waals surface area (Å²) >= 11 is 0. The molecule has 0 bridgehead atoms. The molecule has 1 atom stereocenters. The van der Waals surface area contributed by atoms with E-state index in [4.69, 9.17) is 0 Å². The lowest BCUT2D eigenvalue weighted by Crippen LogP contribution is -2.51. The second-order valence-corrected chi connectivity index (χ2v) is 6.04. The third kappa shape index (κ3) is 2.94. The Balaban J connectivity index is 1.44. The molecule has 0 spiro atoms. The van der Waals surface area contributed by atoms with Crippen molar-refractivity contribution < 1.29 is 14.4 Å². The topological polar surface area (TPSA) is 78.5 Å². The second kappa shape index (κ2) is 5.42. The van der Waals surface area contributed by atoms with Crippen molar-refractivity contribution in [2.75, 3.05) is 13.1 Å². The molecule has 1 unspecified atom stereocenters. The molecule has 2 heterocycles. The smallest absolute Gasteiger partial charge is 0.245 e. The zero-order chi connectivity index (χ0) is 14.1. The average Bonchev–Trinajstić information content (AvgIpc) is 3.21. The number of likely N-dealkylation sites (tertiary alicyclic amines) is 1. The van der Waals surface area contributed by atoms with E-state index in [9.17, 15) is 14.4 Å². The normalized spacial score (nSPS) is 27.3. The fourth-order valence-electron chi connectivity index (χ4n) is 2.93. The third-order valence-electron chi connectivity index (χ3n) is 4.39. The van der Waals surface area contributed by atoms with Crippen LogP contribution in [0.3, 0.4) is 0 Å². The molecule has 20 heavy (non-hydrogen) atoms. The number of carbonyl (C=O) groups is 3. The third-order valence-corrected chi connectivity index (χ3v) is 4.39. The van der Waals surface area contributed by atoms with Gasteiger partial charge in [-0.2, -0.15) is 0 Å². The maximum Gasteiger partial charge on any atom is 0.245 e. The summed E-state index contributed by atoms with van der Waals surface area (Å²) in [6, 6.07) is -0.134. The number of amides is 3. The Kier molecular flexibility index (Phi) is 3.63. The van der Waals surface area contributed by atoms with Gasteiger partial charge in [0.1, 0.15) is 6.04 Å². The van der Waals surface area contributed by atoms with Crippen LogP contribution in [0.2, 0.25) is 0 Å². The van der Waals surface area contributed by atoms with E-state index in [1.54, 1.807) is 0 Å². The van der Waals surface area contributed by atoms with E-state index >= 15 is 0 Å². The monoisotopic (exact) mass is 279 g/mol. The Labute approximate surface area is 118 Å². The maximum absolute atomic E-state index is 12.2. The van der Waals surface area contributed by atoms with Gasteiger partial charge < -0.3 is 15.5 Å². The molecule has 0 aromatic heterocycles. The number of carbonyl (C=O) groups excluding carboxylic acids is 3. The number of rotatable bonds is 3. The molecule has 6 heteroatoms. The quantitative estimate of drug-likeness (QED) is 0.750. The van der Waals surface area contributed by atoms with Crippen LogP contribution >= 0.6 is 0 Å². The molecule has 3 aliphatic rings. The molecule has 0 aromatic rings. The van der Waals surface area contributed by atoms with Gasteiger partial charge in [-0.15, -0.1) is 0 Å². The molecule has 1 aliphatic carbocycles. The van der Waals surface area contributed by atoms with E-state index in [1.807, 2.05) is 4.90 Å².